The third kappa shape index (κ3) is 3.69. The third-order valence-electron chi connectivity index (χ3n) is 1.79. The van der Waals surface area contributed by atoms with Gasteiger partial charge in [-0.25, -0.2) is 0 Å². The van der Waals surface area contributed by atoms with Crippen LogP contribution in [0.25, 0.3) is 0 Å². The van der Waals surface area contributed by atoms with E-state index in [1.165, 1.54) is 12.1 Å². The zero-order valence-electron chi connectivity index (χ0n) is 8.56. The van der Waals surface area contributed by atoms with Gasteiger partial charge in [0.05, 0.1) is 5.56 Å². The van der Waals surface area contributed by atoms with E-state index in [1.54, 1.807) is 0 Å². The molecule has 2 nitrogen and oxygen atoms in total. The quantitative estimate of drug-likeness (QED) is 0.787. The number of hydrogen-bond acceptors (Lipinski definition) is 1. The van der Waals surface area contributed by atoms with E-state index in [0.717, 1.165) is 12.1 Å². The summed E-state index contributed by atoms with van der Waals surface area (Å²) < 4.78 is 37.1. The molecule has 1 aromatic carbocycles. The molecule has 1 aromatic rings. The Morgan fingerprint density at radius 1 is 1.38 bits per heavy atom. The summed E-state index contributed by atoms with van der Waals surface area (Å²) in [5, 5.41) is 5.77. The van der Waals surface area contributed by atoms with Crippen LogP contribution >= 0.6 is 12.2 Å². The third-order valence-corrected chi connectivity index (χ3v) is 2.03. The van der Waals surface area contributed by atoms with Crippen molar-refractivity contribution in [3.63, 3.8) is 0 Å². The topological polar surface area (TPSA) is 24.1 Å². The Balaban J connectivity index is 2.79. The smallest absolute Gasteiger partial charge is 0.363 e. The average Bonchev–Trinajstić information content (AvgIpc) is 2.17. The van der Waals surface area contributed by atoms with E-state index in [0.29, 0.717) is 17.3 Å². The first-order valence-electron chi connectivity index (χ1n) is 4.65. The Hall–Kier alpha value is -1.30. The van der Waals surface area contributed by atoms with Gasteiger partial charge >= 0.3 is 6.18 Å². The van der Waals surface area contributed by atoms with Gasteiger partial charge in [-0.3, -0.25) is 0 Å². The summed E-state index contributed by atoms with van der Waals surface area (Å²) in [5.74, 6) is 0. The van der Waals surface area contributed by atoms with Crippen LogP contribution in [-0.4, -0.2) is 11.7 Å². The van der Waals surface area contributed by atoms with E-state index in [9.17, 15) is 13.2 Å². The van der Waals surface area contributed by atoms with Crippen molar-refractivity contribution in [2.24, 2.45) is 0 Å². The van der Waals surface area contributed by atoms with E-state index in [2.05, 4.69) is 10.6 Å². The maximum Gasteiger partial charge on any atom is 0.416 e. The molecule has 2 N–H and O–H groups in total. The van der Waals surface area contributed by atoms with Crippen LogP contribution in [0.1, 0.15) is 12.5 Å². The summed E-state index contributed by atoms with van der Waals surface area (Å²) in [7, 11) is 0. The number of halogens is 3. The maximum atomic E-state index is 12.4. The summed E-state index contributed by atoms with van der Waals surface area (Å²) in [6.07, 6.45) is -4.34. The van der Waals surface area contributed by atoms with E-state index in [1.807, 2.05) is 6.92 Å². The van der Waals surface area contributed by atoms with Gasteiger partial charge in [-0.15, -0.1) is 0 Å². The Labute approximate surface area is 96.8 Å². The Morgan fingerprint density at radius 3 is 2.62 bits per heavy atom. The lowest BCUT2D eigenvalue weighted by molar-refractivity contribution is -0.137. The molecule has 0 fully saturated rings. The molecular formula is C10H11F3N2S. The van der Waals surface area contributed by atoms with E-state index in [-0.39, 0.29) is 0 Å². The van der Waals surface area contributed by atoms with Gasteiger partial charge in [0, 0.05) is 12.2 Å². The molecule has 1 rings (SSSR count). The summed E-state index contributed by atoms with van der Waals surface area (Å²) >= 11 is 4.87. The number of alkyl halides is 3. The standard InChI is InChI=1S/C10H11F3N2S/c1-2-14-9(16)15-8-5-3-4-7(6-8)10(11,12)13/h3-6H,2H2,1H3,(H2,14,15,16). The molecule has 0 heterocycles. The number of hydrogen-bond donors (Lipinski definition) is 2. The second kappa shape index (κ2) is 5.16. The molecule has 88 valence electrons. The van der Waals surface area contributed by atoms with Crippen LogP contribution < -0.4 is 10.6 Å². The molecule has 16 heavy (non-hydrogen) atoms. The van der Waals surface area contributed by atoms with Crippen LogP contribution in [0.3, 0.4) is 0 Å². The lowest BCUT2D eigenvalue weighted by Crippen LogP contribution is -2.28. The zero-order valence-corrected chi connectivity index (χ0v) is 9.38. The predicted molar refractivity (Wildman–Crippen MR) is 61.3 cm³/mol. The minimum absolute atomic E-state index is 0.307. The molecular weight excluding hydrogens is 237 g/mol. The van der Waals surface area contributed by atoms with E-state index >= 15 is 0 Å². The number of anilines is 1. The Bertz CT molecular complexity index is 377. The fourth-order valence-corrected chi connectivity index (χ4v) is 1.37. The first-order chi connectivity index (χ1) is 7.43. The molecule has 0 aromatic heterocycles. The van der Waals surface area contributed by atoms with Crippen molar-refractivity contribution in [2.45, 2.75) is 13.1 Å². The van der Waals surface area contributed by atoms with Gasteiger partial charge in [0.25, 0.3) is 0 Å². The molecule has 0 amide bonds. The summed E-state index contributed by atoms with van der Waals surface area (Å²) in [4.78, 5) is 0. The van der Waals surface area contributed by atoms with Crippen molar-refractivity contribution in [2.75, 3.05) is 11.9 Å². The number of rotatable bonds is 2. The molecule has 0 radical (unpaired) electrons. The highest BCUT2D eigenvalue weighted by Gasteiger charge is 2.30. The highest BCUT2D eigenvalue weighted by atomic mass is 32.1. The number of thiocarbonyl (C=S) groups is 1. The van der Waals surface area contributed by atoms with Crippen LogP contribution in [-0.2, 0) is 6.18 Å². The lowest BCUT2D eigenvalue weighted by Gasteiger charge is -2.11. The van der Waals surface area contributed by atoms with Crippen molar-refractivity contribution in [1.29, 1.82) is 0 Å². The van der Waals surface area contributed by atoms with Crippen molar-refractivity contribution in [3.05, 3.63) is 29.8 Å². The monoisotopic (exact) mass is 248 g/mol. The van der Waals surface area contributed by atoms with Crippen molar-refractivity contribution in [1.82, 2.24) is 5.32 Å². The molecule has 0 aliphatic carbocycles. The van der Waals surface area contributed by atoms with Crippen LogP contribution in [0.15, 0.2) is 24.3 Å². The molecule has 0 saturated heterocycles. The highest BCUT2D eigenvalue weighted by molar-refractivity contribution is 7.80. The SMILES string of the molecule is CCNC(=S)Nc1cccc(C(F)(F)F)c1. The molecule has 0 bridgehead atoms. The van der Waals surface area contributed by atoms with Crippen LogP contribution in [0.4, 0.5) is 18.9 Å². The van der Waals surface area contributed by atoms with Gasteiger partial charge < -0.3 is 10.6 Å². The van der Waals surface area contributed by atoms with Gasteiger partial charge in [-0.2, -0.15) is 13.2 Å². The van der Waals surface area contributed by atoms with Crippen LogP contribution in [0.2, 0.25) is 0 Å². The Morgan fingerprint density at radius 2 is 2.06 bits per heavy atom. The second-order valence-electron chi connectivity index (χ2n) is 3.06. The first-order valence-corrected chi connectivity index (χ1v) is 5.06. The summed E-state index contributed by atoms with van der Waals surface area (Å²) in [5.41, 5.74) is -0.377. The molecule has 0 aliphatic heterocycles. The van der Waals surface area contributed by atoms with Gasteiger partial charge in [0.1, 0.15) is 0 Å². The predicted octanol–water partition coefficient (Wildman–Crippen LogP) is 3.01. The molecule has 0 saturated carbocycles. The number of benzene rings is 1. The number of nitrogens with one attached hydrogen (secondary N) is 2. The van der Waals surface area contributed by atoms with Crippen molar-refractivity contribution >= 4 is 23.0 Å². The fourth-order valence-electron chi connectivity index (χ4n) is 1.11. The normalized spacial score (nSPS) is 11.0. The summed E-state index contributed by atoms with van der Waals surface area (Å²) in [6, 6.07) is 4.89. The van der Waals surface area contributed by atoms with Crippen molar-refractivity contribution < 1.29 is 13.2 Å². The molecule has 6 heteroatoms. The Kier molecular flexibility index (Phi) is 4.12. The summed E-state index contributed by atoms with van der Waals surface area (Å²) in [6.45, 7) is 2.46. The van der Waals surface area contributed by atoms with E-state index < -0.39 is 11.7 Å². The second-order valence-corrected chi connectivity index (χ2v) is 3.47. The highest BCUT2D eigenvalue weighted by Crippen LogP contribution is 2.30. The minimum atomic E-state index is -4.34. The van der Waals surface area contributed by atoms with Gasteiger partial charge in [-0.05, 0) is 37.3 Å². The zero-order chi connectivity index (χ0) is 12.2. The lowest BCUT2D eigenvalue weighted by atomic mass is 10.2. The van der Waals surface area contributed by atoms with Gasteiger partial charge in [-0.1, -0.05) is 6.07 Å². The van der Waals surface area contributed by atoms with Crippen LogP contribution in [0, 0.1) is 0 Å². The fraction of sp³-hybridized carbons (Fsp3) is 0.300. The van der Waals surface area contributed by atoms with Crippen LogP contribution in [0.5, 0.6) is 0 Å². The van der Waals surface area contributed by atoms with Gasteiger partial charge in [0.15, 0.2) is 5.11 Å². The minimum Gasteiger partial charge on any atom is -0.363 e. The van der Waals surface area contributed by atoms with Crippen molar-refractivity contribution in [3.8, 4) is 0 Å². The maximum absolute atomic E-state index is 12.4. The van der Waals surface area contributed by atoms with E-state index in [4.69, 9.17) is 12.2 Å². The molecule has 0 aliphatic rings. The first kappa shape index (κ1) is 12.8. The van der Waals surface area contributed by atoms with Gasteiger partial charge in [0.2, 0.25) is 0 Å². The average molecular weight is 248 g/mol. The molecule has 0 spiro atoms. The largest absolute Gasteiger partial charge is 0.416 e. The molecule has 0 atom stereocenters. The molecule has 0 unspecified atom stereocenters.